The molecule has 40 heavy (non-hydrogen) atoms. The number of rotatable bonds is 4. The van der Waals surface area contributed by atoms with Crippen LogP contribution in [0.2, 0.25) is 0 Å². The number of amides is 1. The fourth-order valence-corrected chi connectivity index (χ4v) is 5.30. The average molecular weight is 548 g/mol. The Balaban J connectivity index is 1.58. The molecule has 10 nitrogen and oxygen atoms in total. The Morgan fingerprint density at radius 2 is 1.90 bits per heavy atom. The van der Waals surface area contributed by atoms with Gasteiger partial charge in [0.2, 0.25) is 18.0 Å². The first kappa shape index (κ1) is 25.5. The number of carbonyl (C=O) groups is 2. The number of benzene rings is 2. The second-order valence-corrected chi connectivity index (χ2v) is 9.67. The average Bonchev–Trinajstić information content (AvgIpc) is 3.75. The van der Waals surface area contributed by atoms with Crippen molar-refractivity contribution in [1.29, 1.82) is 0 Å². The number of hydrogen-bond donors (Lipinski definition) is 0. The van der Waals surface area contributed by atoms with E-state index >= 15 is 4.39 Å². The van der Waals surface area contributed by atoms with Gasteiger partial charge in [0, 0.05) is 17.8 Å². The lowest BCUT2D eigenvalue weighted by Gasteiger charge is -2.46. The number of nitrogens with zero attached hydrogens (tertiary/aromatic N) is 3. The summed E-state index contributed by atoms with van der Waals surface area (Å²) in [7, 11) is 1.14. The van der Waals surface area contributed by atoms with Crippen LogP contribution < -0.4 is 19.9 Å². The normalized spacial score (nSPS) is 19.4. The number of pyridine rings is 1. The molecule has 2 aromatic carbocycles. The number of ether oxygens (including phenoxy) is 4. The van der Waals surface area contributed by atoms with Crippen molar-refractivity contribution in [3.8, 4) is 11.5 Å². The monoisotopic (exact) mass is 547 g/mol. The minimum Gasteiger partial charge on any atom is -0.486 e. The fraction of sp³-hybridized carbons (Fsp3) is 0.276. The van der Waals surface area contributed by atoms with Crippen LogP contribution in [0.3, 0.4) is 0 Å². The molecule has 3 aromatic rings. The summed E-state index contributed by atoms with van der Waals surface area (Å²) in [6.07, 6.45) is 5.61. The van der Waals surface area contributed by atoms with Gasteiger partial charge in [0.05, 0.1) is 12.6 Å². The molecule has 0 N–H and O–H groups in total. The molecule has 1 amide bonds. The largest absolute Gasteiger partial charge is 0.510 e. The van der Waals surface area contributed by atoms with Crippen molar-refractivity contribution in [2.24, 2.45) is 0 Å². The predicted octanol–water partition coefficient (Wildman–Crippen LogP) is 3.73. The highest BCUT2D eigenvalue weighted by molar-refractivity contribution is 5.97. The second kappa shape index (κ2) is 10.1. The smallest absolute Gasteiger partial charge is 0.486 e. The number of methoxy groups -OCH3 is 1. The third-order valence-electron chi connectivity index (χ3n) is 7.35. The Morgan fingerprint density at radius 3 is 2.65 bits per heavy atom. The van der Waals surface area contributed by atoms with Gasteiger partial charge in [0.1, 0.15) is 19.3 Å². The summed E-state index contributed by atoms with van der Waals surface area (Å²) in [5.74, 6) is -1.11. The van der Waals surface area contributed by atoms with E-state index in [1.165, 1.54) is 18.3 Å². The van der Waals surface area contributed by atoms with Crippen molar-refractivity contribution in [3.63, 3.8) is 0 Å². The molecule has 1 spiro atoms. The third kappa shape index (κ3) is 4.33. The summed E-state index contributed by atoms with van der Waals surface area (Å²) in [6, 6.07) is 14.8. The number of aromatic nitrogens is 1. The van der Waals surface area contributed by atoms with Crippen LogP contribution in [-0.2, 0) is 9.47 Å². The highest BCUT2D eigenvalue weighted by Gasteiger charge is 2.52. The zero-order valence-electron chi connectivity index (χ0n) is 21.6. The molecule has 2 bridgehead atoms. The number of hydrogen-bond acceptors (Lipinski definition) is 8. The number of halogens is 1. The zero-order valence-corrected chi connectivity index (χ0v) is 21.6. The Kier molecular flexibility index (Phi) is 6.41. The van der Waals surface area contributed by atoms with Crippen LogP contribution in [-0.4, -0.2) is 54.4 Å². The van der Waals surface area contributed by atoms with Gasteiger partial charge in [-0.2, -0.15) is 0 Å². The Hall–Kier alpha value is -4.80. The van der Waals surface area contributed by atoms with Gasteiger partial charge in [0.15, 0.2) is 17.3 Å². The van der Waals surface area contributed by atoms with Gasteiger partial charge in [-0.3, -0.25) is 19.3 Å². The summed E-state index contributed by atoms with van der Waals surface area (Å²) in [5, 5.41) is 1.88. The van der Waals surface area contributed by atoms with Crippen LogP contribution in [0.15, 0.2) is 77.7 Å². The van der Waals surface area contributed by atoms with E-state index in [2.05, 4.69) is 4.74 Å². The topological polar surface area (TPSA) is 99.5 Å². The van der Waals surface area contributed by atoms with Crippen LogP contribution >= 0.6 is 0 Å². The van der Waals surface area contributed by atoms with E-state index in [1.54, 1.807) is 27.8 Å². The van der Waals surface area contributed by atoms with Gasteiger partial charge >= 0.3 is 6.16 Å². The summed E-state index contributed by atoms with van der Waals surface area (Å²) < 4.78 is 37.7. The number of carbonyl (C=O) groups excluding carboxylic acids is 2. The van der Waals surface area contributed by atoms with Gasteiger partial charge in [-0.1, -0.05) is 48.5 Å². The van der Waals surface area contributed by atoms with Gasteiger partial charge < -0.3 is 23.8 Å². The molecule has 3 aliphatic rings. The molecule has 6 rings (SSSR count). The molecule has 1 atom stereocenters. The lowest BCUT2D eigenvalue weighted by Crippen LogP contribution is -2.58. The van der Waals surface area contributed by atoms with Crippen molar-refractivity contribution < 1.29 is 32.9 Å². The first-order valence-corrected chi connectivity index (χ1v) is 12.8. The molecule has 1 saturated carbocycles. The van der Waals surface area contributed by atoms with Crippen LogP contribution in [0.4, 0.5) is 9.18 Å². The third-order valence-corrected chi connectivity index (χ3v) is 7.35. The predicted molar refractivity (Wildman–Crippen MR) is 140 cm³/mol. The van der Waals surface area contributed by atoms with E-state index in [0.717, 1.165) is 12.7 Å². The number of fused-ring (bicyclic) bond motifs is 6. The summed E-state index contributed by atoms with van der Waals surface area (Å²) >= 11 is 0. The first-order chi connectivity index (χ1) is 19.4. The van der Waals surface area contributed by atoms with Crippen LogP contribution in [0.1, 0.15) is 40.5 Å². The van der Waals surface area contributed by atoms with Crippen LogP contribution in [0, 0.1) is 5.82 Å². The highest BCUT2D eigenvalue weighted by Crippen LogP contribution is 2.47. The maximum atomic E-state index is 15.3. The van der Waals surface area contributed by atoms with E-state index in [0.29, 0.717) is 18.4 Å². The highest BCUT2D eigenvalue weighted by atomic mass is 19.1. The molecule has 0 radical (unpaired) electrons. The SMILES string of the molecule is COC(=O)OCOc1c2n(ccc1=O)N1CN(C2=O)C2(/C=C/COc3c(F)cccc3C1c1ccccc1)CC2. The van der Waals surface area contributed by atoms with E-state index in [1.807, 2.05) is 41.4 Å². The fourth-order valence-electron chi connectivity index (χ4n) is 5.30. The van der Waals surface area contributed by atoms with E-state index < -0.39 is 41.7 Å². The Morgan fingerprint density at radius 1 is 1.10 bits per heavy atom. The maximum absolute atomic E-state index is 15.3. The minimum atomic E-state index is -0.997. The molecule has 3 heterocycles. The molecular weight excluding hydrogens is 521 g/mol. The zero-order chi connectivity index (χ0) is 27.9. The standard InChI is InChI=1S/C29H26FN3O7/c1-37-28(36)40-18-39-26-22(34)11-15-32-24(26)27(35)31-17-33(32)23(19-7-3-2-4-8-19)20-9-5-10-21(30)25(20)38-16-6-12-29(31)13-14-29/h2-12,15,23H,13-14,16-18H2,1H3/b12-6+. The summed E-state index contributed by atoms with van der Waals surface area (Å²) in [4.78, 5) is 40.3. The van der Waals surface area contributed by atoms with Crippen molar-refractivity contribution in [2.45, 2.75) is 24.4 Å². The number of para-hydroxylation sites is 1. The van der Waals surface area contributed by atoms with Crippen molar-refractivity contribution in [2.75, 3.05) is 32.2 Å². The molecule has 1 aliphatic carbocycles. The summed E-state index contributed by atoms with van der Waals surface area (Å²) in [5.41, 5.74) is 0.148. The Labute approximate surface area is 228 Å². The molecule has 0 saturated heterocycles. The van der Waals surface area contributed by atoms with E-state index in [-0.39, 0.29) is 30.5 Å². The van der Waals surface area contributed by atoms with E-state index in [4.69, 9.17) is 14.2 Å². The molecule has 1 aromatic heterocycles. The molecule has 1 unspecified atom stereocenters. The molecule has 1 fully saturated rings. The molecule has 2 aliphatic heterocycles. The lowest BCUT2D eigenvalue weighted by molar-refractivity contribution is 0.0133. The van der Waals surface area contributed by atoms with Crippen LogP contribution in [0.5, 0.6) is 11.5 Å². The van der Waals surface area contributed by atoms with E-state index in [9.17, 15) is 14.4 Å². The Bertz CT molecular complexity index is 1550. The van der Waals surface area contributed by atoms with Crippen molar-refractivity contribution >= 4 is 12.1 Å². The minimum absolute atomic E-state index is 0.0362. The maximum Gasteiger partial charge on any atom is 0.510 e. The van der Waals surface area contributed by atoms with Gasteiger partial charge in [-0.25, -0.2) is 9.18 Å². The van der Waals surface area contributed by atoms with Crippen molar-refractivity contribution in [1.82, 2.24) is 9.58 Å². The lowest BCUT2D eigenvalue weighted by atomic mass is 9.96. The summed E-state index contributed by atoms with van der Waals surface area (Å²) in [6.45, 7) is -0.392. The van der Waals surface area contributed by atoms with Gasteiger partial charge in [0.25, 0.3) is 5.91 Å². The van der Waals surface area contributed by atoms with Gasteiger partial charge in [-0.05, 0) is 30.5 Å². The molecule has 11 heteroatoms. The molecular formula is C29H26FN3O7. The van der Waals surface area contributed by atoms with Crippen LogP contribution in [0.25, 0.3) is 0 Å². The molecule has 206 valence electrons. The quantitative estimate of drug-likeness (QED) is 0.277. The van der Waals surface area contributed by atoms with Crippen molar-refractivity contribution in [3.05, 3.63) is 106 Å². The second-order valence-electron chi connectivity index (χ2n) is 9.67. The first-order valence-electron chi connectivity index (χ1n) is 12.8. The van der Waals surface area contributed by atoms with Gasteiger partial charge in [-0.15, -0.1) is 0 Å².